The molecule has 1 atom stereocenters. The molecule has 1 aromatic carbocycles. The first-order valence-corrected chi connectivity index (χ1v) is 5.17. The summed E-state index contributed by atoms with van der Waals surface area (Å²) in [6, 6.07) is 8.67. The molecule has 0 fully saturated rings. The van der Waals surface area contributed by atoms with Gasteiger partial charge in [-0.15, -0.1) is 0 Å². The summed E-state index contributed by atoms with van der Waals surface area (Å²) in [5.41, 5.74) is 4.26. The van der Waals surface area contributed by atoms with Gasteiger partial charge in [-0.1, -0.05) is 30.7 Å². The van der Waals surface area contributed by atoms with Gasteiger partial charge in [0.2, 0.25) is 0 Å². The van der Waals surface area contributed by atoms with Crippen LogP contribution in [0.25, 0.3) is 0 Å². The van der Waals surface area contributed by atoms with E-state index < -0.39 is 0 Å². The lowest BCUT2D eigenvalue weighted by atomic mass is 9.94. The van der Waals surface area contributed by atoms with E-state index in [1.165, 1.54) is 23.2 Å². The summed E-state index contributed by atoms with van der Waals surface area (Å²) in [6.45, 7) is 4.51. The van der Waals surface area contributed by atoms with E-state index in [2.05, 4.69) is 56.3 Å². The quantitative estimate of drug-likeness (QED) is 0.600. The van der Waals surface area contributed by atoms with E-state index in [4.69, 9.17) is 0 Å². The van der Waals surface area contributed by atoms with Crippen molar-refractivity contribution in [1.82, 2.24) is 0 Å². The van der Waals surface area contributed by atoms with E-state index in [1.54, 1.807) is 0 Å². The molecule has 0 aliphatic carbocycles. The number of anilines is 1. The molecule has 1 aromatic rings. The number of hydrogen-bond donors (Lipinski definition) is 0. The standard InChI is InChI=1S/C13H17N/c1-10-8-11(2)12-6-4-5-7-13(12)14(3)9-10/h4-7,9,11H,8H2,1-3H3/t11-/m1/s1. The summed E-state index contributed by atoms with van der Waals surface area (Å²) >= 11 is 0. The van der Waals surface area contributed by atoms with Crippen LogP contribution in [0.5, 0.6) is 0 Å². The van der Waals surface area contributed by atoms with Crippen molar-refractivity contribution in [1.29, 1.82) is 0 Å². The maximum Gasteiger partial charge on any atom is 0.0438 e. The lowest BCUT2D eigenvalue weighted by Gasteiger charge is -2.18. The second-order valence-electron chi connectivity index (χ2n) is 4.25. The predicted molar refractivity (Wildman–Crippen MR) is 61.6 cm³/mol. The first-order chi connectivity index (χ1) is 6.68. The summed E-state index contributed by atoms with van der Waals surface area (Å²) in [7, 11) is 2.13. The van der Waals surface area contributed by atoms with Crippen LogP contribution < -0.4 is 4.90 Å². The smallest absolute Gasteiger partial charge is 0.0438 e. The Morgan fingerprint density at radius 1 is 1.29 bits per heavy atom. The Morgan fingerprint density at radius 2 is 2.00 bits per heavy atom. The van der Waals surface area contributed by atoms with Gasteiger partial charge in [0.05, 0.1) is 0 Å². The number of fused-ring (bicyclic) bond motifs is 1. The largest absolute Gasteiger partial charge is 0.351 e. The Morgan fingerprint density at radius 3 is 2.79 bits per heavy atom. The van der Waals surface area contributed by atoms with Crippen LogP contribution in [0, 0.1) is 0 Å². The van der Waals surface area contributed by atoms with Gasteiger partial charge < -0.3 is 4.90 Å². The molecule has 0 unspecified atom stereocenters. The summed E-state index contributed by atoms with van der Waals surface area (Å²) < 4.78 is 0. The molecule has 0 saturated carbocycles. The van der Waals surface area contributed by atoms with E-state index in [0.29, 0.717) is 5.92 Å². The Kier molecular flexibility index (Phi) is 2.32. The zero-order valence-electron chi connectivity index (χ0n) is 9.12. The molecule has 1 heteroatoms. The van der Waals surface area contributed by atoms with Gasteiger partial charge in [-0.2, -0.15) is 0 Å². The van der Waals surface area contributed by atoms with Gasteiger partial charge in [0.15, 0.2) is 0 Å². The fourth-order valence-corrected chi connectivity index (χ4v) is 2.27. The van der Waals surface area contributed by atoms with Crippen molar-refractivity contribution in [3.63, 3.8) is 0 Å². The minimum atomic E-state index is 0.632. The first kappa shape index (κ1) is 9.32. The van der Waals surface area contributed by atoms with Crippen LogP contribution in [0.1, 0.15) is 31.7 Å². The predicted octanol–water partition coefficient (Wildman–Crippen LogP) is 3.53. The van der Waals surface area contributed by atoms with Gasteiger partial charge in [0, 0.05) is 18.9 Å². The average Bonchev–Trinajstić information content (AvgIpc) is 2.26. The topological polar surface area (TPSA) is 3.24 Å². The third kappa shape index (κ3) is 1.54. The fraction of sp³-hybridized carbons (Fsp3) is 0.385. The number of rotatable bonds is 0. The van der Waals surface area contributed by atoms with E-state index in [0.717, 1.165) is 0 Å². The molecule has 0 aromatic heterocycles. The van der Waals surface area contributed by atoms with Crippen LogP contribution in [0.4, 0.5) is 5.69 Å². The van der Waals surface area contributed by atoms with Gasteiger partial charge in [0.1, 0.15) is 0 Å². The van der Waals surface area contributed by atoms with Gasteiger partial charge in [-0.05, 0) is 30.9 Å². The normalized spacial score (nSPS) is 21.2. The third-order valence-electron chi connectivity index (χ3n) is 2.89. The lowest BCUT2D eigenvalue weighted by Crippen LogP contribution is -2.09. The summed E-state index contributed by atoms with van der Waals surface area (Å²) in [4.78, 5) is 2.23. The van der Waals surface area contributed by atoms with Crippen molar-refractivity contribution in [3.8, 4) is 0 Å². The molecule has 1 heterocycles. The highest BCUT2D eigenvalue weighted by Crippen LogP contribution is 2.34. The SMILES string of the molecule is CC1=CN(C)c2ccccc2[C@H](C)C1. The van der Waals surface area contributed by atoms with E-state index in [1.807, 2.05) is 0 Å². The monoisotopic (exact) mass is 187 g/mol. The second-order valence-corrected chi connectivity index (χ2v) is 4.25. The molecule has 0 spiro atoms. The maximum atomic E-state index is 2.30. The lowest BCUT2D eigenvalue weighted by molar-refractivity contribution is 0.759. The zero-order valence-corrected chi connectivity index (χ0v) is 9.12. The highest BCUT2D eigenvalue weighted by Gasteiger charge is 2.16. The van der Waals surface area contributed by atoms with Crippen LogP contribution in [0.2, 0.25) is 0 Å². The minimum Gasteiger partial charge on any atom is -0.351 e. The summed E-state index contributed by atoms with van der Waals surface area (Å²) in [5.74, 6) is 0.632. The molecular formula is C13H17N. The van der Waals surface area contributed by atoms with Crippen molar-refractivity contribution in [3.05, 3.63) is 41.6 Å². The molecule has 0 saturated heterocycles. The fourth-order valence-electron chi connectivity index (χ4n) is 2.27. The average molecular weight is 187 g/mol. The second kappa shape index (κ2) is 3.49. The molecule has 1 nitrogen and oxygen atoms in total. The van der Waals surface area contributed by atoms with Gasteiger partial charge >= 0.3 is 0 Å². The van der Waals surface area contributed by atoms with Crippen molar-refractivity contribution < 1.29 is 0 Å². The first-order valence-electron chi connectivity index (χ1n) is 5.17. The van der Waals surface area contributed by atoms with Crippen LogP contribution >= 0.6 is 0 Å². The van der Waals surface area contributed by atoms with Crippen molar-refractivity contribution >= 4 is 5.69 Å². The number of benzene rings is 1. The Balaban J connectivity index is 2.51. The summed E-state index contributed by atoms with van der Waals surface area (Å²) in [5, 5.41) is 0. The number of nitrogens with zero attached hydrogens (tertiary/aromatic N) is 1. The summed E-state index contributed by atoms with van der Waals surface area (Å²) in [6.07, 6.45) is 3.41. The van der Waals surface area contributed by atoms with E-state index in [-0.39, 0.29) is 0 Å². The Labute approximate surface area is 86.1 Å². The van der Waals surface area contributed by atoms with Crippen molar-refractivity contribution in [2.75, 3.05) is 11.9 Å². The van der Waals surface area contributed by atoms with Crippen LogP contribution in [-0.4, -0.2) is 7.05 Å². The molecule has 1 aliphatic heterocycles. The Bertz CT molecular complexity index is 365. The molecule has 0 amide bonds. The number of hydrogen-bond acceptors (Lipinski definition) is 1. The molecule has 0 N–H and O–H groups in total. The Hall–Kier alpha value is -1.24. The number of allylic oxidation sites excluding steroid dienone is 1. The van der Waals surface area contributed by atoms with Crippen molar-refractivity contribution in [2.45, 2.75) is 26.2 Å². The van der Waals surface area contributed by atoms with Crippen LogP contribution in [0.3, 0.4) is 0 Å². The van der Waals surface area contributed by atoms with Crippen molar-refractivity contribution in [2.24, 2.45) is 0 Å². The highest BCUT2D eigenvalue weighted by atomic mass is 15.1. The molecule has 0 radical (unpaired) electrons. The van der Waals surface area contributed by atoms with Gasteiger partial charge in [0.25, 0.3) is 0 Å². The van der Waals surface area contributed by atoms with Gasteiger partial charge in [-0.3, -0.25) is 0 Å². The van der Waals surface area contributed by atoms with Gasteiger partial charge in [-0.25, -0.2) is 0 Å². The molecule has 1 aliphatic rings. The molecule has 14 heavy (non-hydrogen) atoms. The van der Waals surface area contributed by atoms with E-state index >= 15 is 0 Å². The van der Waals surface area contributed by atoms with Crippen LogP contribution in [0.15, 0.2) is 36.0 Å². The zero-order chi connectivity index (χ0) is 10.1. The van der Waals surface area contributed by atoms with Crippen LogP contribution in [-0.2, 0) is 0 Å². The molecule has 74 valence electrons. The maximum absolute atomic E-state index is 2.30. The minimum absolute atomic E-state index is 0.632. The highest BCUT2D eigenvalue weighted by molar-refractivity contribution is 5.58. The third-order valence-corrected chi connectivity index (χ3v) is 2.89. The van der Waals surface area contributed by atoms with E-state index in [9.17, 15) is 0 Å². The molecule has 2 rings (SSSR count). The number of para-hydroxylation sites is 1. The molecular weight excluding hydrogens is 170 g/mol. The molecule has 0 bridgehead atoms.